The number of anilines is 1. The molecule has 1 aliphatic carbocycles. The van der Waals surface area contributed by atoms with E-state index in [2.05, 4.69) is 31.2 Å². The van der Waals surface area contributed by atoms with Gasteiger partial charge in [0.25, 0.3) is 0 Å². The molecule has 1 fully saturated rings. The van der Waals surface area contributed by atoms with Crippen molar-refractivity contribution in [2.24, 2.45) is 5.92 Å². The molecule has 17 heavy (non-hydrogen) atoms. The summed E-state index contributed by atoms with van der Waals surface area (Å²) in [6, 6.07) is 0. The molecule has 2 heterocycles. The van der Waals surface area contributed by atoms with Crippen LogP contribution in [0.1, 0.15) is 25.7 Å². The summed E-state index contributed by atoms with van der Waals surface area (Å²) >= 11 is 3.41. The van der Waals surface area contributed by atoms with E-state index >= 15 is 0 Å². The summed E-state index contributed by atoms with van der Waals surface area (Å²) in [6.45, 7) is 0.983. The molecule has 4 nitrogen and oxygen atoms in total. The van der Waals surface area contributed by atoms with Crippen LogP contribution in [0.4, 0.5) is 5.82 Å². The Kier molecular flexibility index (Phi) is 3.01. The number of nitrogens with zero attached hydrogens (tertiary/aromatic N) is 3. The summed E-state index contributed by atoms with van der Waals surface area (Å²) in [5.74, 6) is 1.79. The predicted molar refractivity (Wildman–Crippen MR) is 71.1 cm³/mol. The lowest BCUT2D eigenvalue weighted by molar-refractivity contribution is 0.303. The Balaban J connectivity index is 1.72. The quantitative estimate of drug-likeness (QED) is 0.942. The highest BCUT2D eigenvalue weighted by atomic mass is 79.9. The number of hydrogen-bond donors (Lipinski definition) is 1. The van der Waals surface area contributed by atoms with Crippen LogP contribution in [0.25, 0.3) is 5.65 Å². The van der Waals surface area contributed by atoms with Gasteiger partial charge in [0.2, 0.25) is 0 Å². The summed E-state index contributed by atoms with van der Waals surface area (Å²) < 4.78 is 2.80. The number of hydrogen-bond acceptors (Lipinski definition) is 3. The van der Waals surface area contributed by atoms with E-state index in [1.807, 2.05) is 16.8 Å². The monoisotopic (exact) mass is 294 g/mol. The highest BCUT2D eigenvalue weighted by Crippen LogP contribution is 2.29. The van der Waals surface area contributed by atoms with E-state index in [1.54, 1.807) is 6.20 Å². The highest BCUT2D eigenvalue weighted by molar-refractivity contribution is 9.10. The van der Waals surface area contributed by atoms with Crippen molar-refractivity contribution in [3.63, 3.8) is 0 Å². The van der Waals surface area contributed by atoms with Gasteiger partial charge in [-0.05, 0) is 28.3 Å². The minimum atomic E-state index is 0.828. The molecule has 0 radical (unpaired) electrons. The van der Waals surface area contributed by atoms with Crippen molar-refractivity contribution >= 4 is 27.4 Å². The first kappa shape index (κ1) is 11.0. The molecular weight excluding hydrogens is 280 g/mol. The molecule has 1 N–H and O–H groups in total. The first-order chi connectivity index (χ1) is 8.33. The van der Waals surface area contributed by atoms with Crippen LogP contribution >= 0.6 is 15.9 Å². The smallest absolute Gasteiger partial charge is 0.180 e. The van der Waals surface area contributed by atoms with Crippen LogP contribution < -0.4 is 5.32 Å². The SMILES string of the molecule is Brc1cn2ccnc2c(NCCC2CCC2)n1. The number of aromatic nitrogens is 3. The number of fused-ring (bicyclic) bond motifs is 1. The Labute approximate surface area is 109 Å². The van der Waals surface area contributed by atoms with E-state index in [-0.39, 0.29) is 0 Å². The van der Waals surface area contributed by atoms with E-state index in [9.17, 15) is 0 Å². The average molecular weight is 295 g/mol. The molecule has 1 saturated carbocycles. The van der Waals surface area contributed by atoms with Gasteiger partial charge >= 0.3 is 0 Å². The Morgan fingerprint density at radius 1 is 1.47 bits per heavy atom. The van der Waals surface area contributed by atoms with Crippen molar-refractivity contribution in [2.75, 3.05) is 11.9 Å². The lowest BCUT2D eigenvalue weighted by Crippen LogP contribution is -2.16. The highest BCUT2D eigenvalue weighted by Gasteiger charge is 2.16. The van der Waals surface area contributed by atoms with Crippen molar-refractivity contribution in [1.82, 2.24) is 14.4 Å². The van der Waals surface area contributed by atoms with Crippen molar-refractivity contribution in [3.8, 4) is 0 Å². The summed E-state index contributed by atoms with van der Waals surface area (Å²) in [5, 5.41) is 3.39. The summed E-state index contributed by atoms with van der Waals surface area (Å²) in [7, 11) is 0. The largest absolute Gasteiger partial charge is 0.367 e. The third-order valence-electron chi connectivity index (χ3n) is 3.41. The second-order valence-corrected chi connectivity index (χ2v) is 5.40. The van der Waals surface area contributed by atoms with Gasteiger partial charge < -0.3 is 9.72 Å². The normalized spacial score (nSPS) is 16.1. The molecule has 0 aliphatic heterocycles. The maximum Gasteiger partial charge on any atom is 0.180 e. The third kappa shape index (κ3) is 2.29. The van der Waals surface area contributed by atoms with Gasteiger partial charge in [-0.3, -0.25) is 0 Å². The maximum atomic E-state index is 4.44. The molecule has 90 valence electrons. The van der Waals surface area contributed by atoms with Crippen LogP contribution in [0.5, 0.6) is 0 Å². The van der Waals surface area contributed by atoms with Gasteiger partial charge in [0.05, 0.1) is 0 Å². The summed E-state index contributed by atoms with van der Waals surface area (Å²) in [5.41, 5.74) is 0.891. The van der Waals surface area contributed by atoms with Gasteiger partial charge in [0, 0.05) is 25.1 Å². The van der Waals surface area contributed by atoms with Gasteiger partial charge in [0.15, 0.2) is 11.5 Å². The molecule has 5 heteroatoms. The molecule has 2 aromatic rings. The molecule has 0 amide bonds. The Hall–Kier alpha value is -1.10. The second kappa shape index (κ2) is 4.64. The minimum absolute atomic E-state index is 0.828. The molecule has 0 saturated heterocycles. The zero-order chi connectivity index (χ0) is 11.7. The topological polar surface area (TPSA) is 42.2 Å². The Morgan fingerprint density at radius 2 is 2.35 bits per heavy atom. The van der Waals surface area contributed by atoms with E-state index in [4.69, 9.17) is 0 Å². The van der Waals surface area contributed by atoms with Gasteiger partial charge in [-0.15, -0.1) is 0 Å². The van der Waals surface area contributed by atoms with E-state index in [1.165, 1.54) is 25.7 Å². The van der Waals surface area contributed by atoms with Crippen molar-refractivity contribution < 1.29 is 0 Å². The lowest BCUT2D eigenvalue weighted by Gasteiger charge is -2.25. The zero-order valence-electron chi connectivity index (χ0n) is 9.56. The van der Waals surface area contributed by atoms with Crippen molar-refractivity contribution in [2.45, 2.75) is 25.7 Å². The van der Waals surface area contributed by atoms with Gasteiger partial charge in [0.1, 0.15) is 4.60 Å². The first-order valence-electron chi connectivity index (χ1n) is 6.06. The molecule has 0 atom stereocenters. The van der Waals surface area contributed by atoms with Crippen LogP contribution in [-0.2, 0) is 0 Å². The standard InChI is InChI=1S/C12H15BrN4/c13-10-8-17-7-6-15-12(17)11(16-10)14-5-4-9-2-1-3-9/h6-9H,1-5H2,(H,14,16). The van der Waals surface area contributed by atoms with Crippen LogP contribution in [-0.4, -0.2) is 20.9 Å². The second-order valence-electron chi connectivity index (χ2n) is 4.58. The van der Waals surface area contributed by atoms with E-state index in [0.717, 1.165) is 28.5 Å². The van der Waals surface area contributed by atoms with E-state index < -0.39 is 0 Å². The van der Waals surface area contributed by atoms with Gasteiger partial charge in [-0.2, -0.15) is 0 Å². The molecule has 1 aliphatic rings. The molecule has 0 aromatic carbocycles. The van der Waals surface area contributed by atoms with E-state index in [0.29, 0.717) is 0 Å². The van der Waals surface area contributed by atoms with Crippen molar-refractivity contribution in [3.05, 3.63) is 23.2 Å². The van der Waals surface area contributed by atoms with Crippen molar-refractivity contribution in [1.29, 1.82) is 0 Å². The molecule has 3 rings (SSSR count). The Morgan fingerprint density at radius 3 is 3.12 bits per heavy atom. The van der Waals surface area contributed by atoms with Crippen LogP contribution in [0.3, 0.4) is 0 Å². The van der Waals surface area contributed by atoms with Crippen LogP contribution in [0.2, 0.25) is 0 Å². The third-order valence-corrected chi connectivity index (χ3v) is 3.80. The number of imidazole rings is 1. The zero-order valence-corrected chi connectivity index (χ0v) is 11.2. The lowest BCUT2D eigenvalue weighted by atomic mass is 9.83. The minimum Gasteiger partial charge on any atom is -0.367 e. The fourth-order valence-corrected chi connectivity index (χ4v) is 2.59. The fraction of sp³-hybridized carbons (Fsp3) is 0.500. The number of rotatable bonds is 4. The molecule has 0 spiro atoms. The Bertz CT molecular complexity index is 518. The summed E-state index contributed by atoms with van der Waals surface area (Å²) in [6.07, 6.45) is 11.1. The van der Waals surface area contributed by atoms with Crippen LogP contribution in [0.15, 0.2) is 23.2 Å². The maximum absolute atomic E-state index is 4.44. The van der Waals surface area contributed by atoms with Gasteiger partial charge in [-0.25, -0.2) is 9.97 Å². The average Bonchev–Trinajstić information content (AvgIpc) is 2.69. The molecule has 0 unspecified atom stereocenters. The molecule has 0 bridgehead atoms. The summed E-state index contributed by atoms with van der Waals surface area (Å²) in [4.78, 5) is 8.75. The molecular formula is C12H15BrN4. The first-order valence-corrected chi connectivity index (χ1v) is 6.85. The molecule has 2 aromatic heterocycles. The van der Waals surface area contributed by atoms with Crippen LogP contribution in [0, 0.1) is 5.92 Å². The fourth-order valence-electron chi connectivity index (χ4n) is 2.20. The predicted octanol–water partition coefficient (Wildman–Crippen LogP) is 3.09. The van der Waals surface area contributed by atoms with Gasteiger partial charge in [-0.1, -0.05) is 19.3 Å². The number of halogens is 1. The number of nitrogens with one attached hydrogen (secondary N) is 1.